The zero-order chi connectivity index (χ0) is 27.4. The van der Waals surface area contributed by atoms with E-state index < -0.39 is 16.5 Å². The maximum Gasteiger partial charge on any atom is 0.272 e. The summed E-state index contributed by atoms with van der Waals surface area (Å²) in [5, 5.41) is 3.12. The van der Waals surface area contributed by atoms with Crippen LogP contribution in [0.3, 0.4) is 0 Å². The van der Waals surface area contributed by atoms with Crippen molar-refractivity contribution < 1.29 is 14.2 Å². The van der Waals surface area contributed by atoms with E-state index in [-0.39, 0.29) is 17.4 Å². The topological polar surface area (TPSA) is 77.1 Å². The van der Waals surface area contributed by atoms with Crippen molar-refractivity contribution in [2.75, 3.05) is 31.0 Å². The van der Waals surface area contributed by atoms with Crippen LogP contribution in [0, 0.1) is 0 Å². The lowest BCUT2D eigenvalue weighted by atomic mass is 10.00. The van der Waals surface area contributed by atoms with E-state index in [1.807, 2.05) is 81.4 Å². The fraction of sp³-hybridized carbons (Fsp3) is 0.290. The molecule has 7 nitrogen and oxygen atoms in total. The predicted molar refractivity (Wildman–Crippen MR) is 153 cm³/mol. The van der Waals surface area contributed by atoms with Gasteiger partial charge < -0.3 is 24.4 Å². The molecule has 4 aromatic rings. The van der Waals surface area contributed by atoms with E-state index in [1.165, 1.54) is 5.56 Å². The summed E-state index contributed by atoms with van der Waals surface area (Å²) < 4.78 is 16.8. The molecule has 4 aromatic carbocycles. The summed E-state index contributed by atoms with van der Waals surface area (Å²) >= 11 is 0. The minimum absolute atomic E-state index is 0.0716. The number of hydrogen-bond donors (Lipinski definition) is 1. The molecule has 1 unspecified atom stereocenters. The number of nitrogens with one attached hydrogen (secondary N) is 1. The zero-order valence-electron chi connectivity index (χ0n) is 22.7. The van der Waals surface area contributed by atoms with Crippen molar-refractivity contribution in [3.05, 3.63) is 98.8 Å². The van der Waals surface area contributed by atoms with Gasteiger partial charge in [0.25, 0.3) is 10.9 Å². The van der Waals surface area contributed by atoms with Crippen LogP contribution in [0.15, 0.2) is 82.4 Å². The van der Waals surface area contributed by atoms with Crippen LogP contribution >= 0.6 is 0 Å². The lowest BCUT2D eigenvalue weighted by molar-refractivity contribution is 0.128. The second kappa shape index (κ2) is 11.0. The molecular formula is C31H34N2O5. The summed E-state index contributed by atoms with van der Waals surface area (Å²) in [4.78, 5) is 26.7. The Balaban J connectivity index is 1.71. The Morgan fingerprint density at radius 1 is 0.816 bits per heavy atom. The maximum atomic E-state index is 12.3. The van der Waals surface area contributed by atoms with Gasteiger partial charge in [0.2, 0.25) is 0 Å². The van der Waals surface area contributed by atoms with Crippen molar-refractivity contribution in [3.63, 3.8) is 0 Å². The first-order valence-electron chi connectivity index (χ1n) is 12.5. The maximum absolute atomic E-state index is 12.3. The number of benzene rings is 3. The van der Waals surface area contributed by atoms with E-state index in [4.69, 9.17) is 14.2 Å². The zero-order valence-corrected chi connectivity index (χ0v) is 22.7. The minimum Gasteiger partial charge on any atom is -0.493 e. The first-order valence-corrected chi connectivity index (χ1v) is 12.5. The average Bonchev–Trinajstić information content (AvgIpc) is 2.93. The number of rotatable bonds is 10. The van der Waals surface area contributed by atoms with Gasteiger partial charge in [0, 0.05) is 29.7 Å². The molecule has 7 heteroatoms. The summed E-state index contributed by atoms with van der Waals surface area (Å²) in [7, 11) is 3.23. The highest BCUT2D eigenvalue weighted by atomic mass is 16.5. The minimum atomic E-state index is -0.609. The van der Waals surface area contributed by atoms with Gasteiger partial charge in [0.15, 0.2) is 17.2 Å². The quantitative estimate of drug-likeness (QED) is 0.254. The van der Waals surface area contributed by atoms with Gasteiger partial charge in [-0.3, -0.25) is 9.59 Å². The largest absolute Gasteiger partial charge is 0.493 e. The van der Waals surface area contributed by atoms with Gasteiger partial charge >= 0.3 is 0 Å². The number of methoxy groups -OCH3 is 2. The molecule has 0 aliphatic heterocycles. The van der Waals surface area contributed by atoms with Crippen LogP contribution in [-0.4, -0.2) is 26.4 Å². The molecule has 1 N–H and O–H groups in total. The lowest BCUT2D eigenvalue weighted by Gasteiger charge is -2.29. The fourth-order valence-electron chi connectivity index (χ4n) is 4.30. The van der Waals surface area contributed by atoms with Gasteiger partial charge in [-0.15, -0.1) is 0 Å². The van der Waals surface area contributed by atoms with E-state index in [0.29, 0.717) is 23.7 Å². The summed E-state index contributed by atoms with van der Waals surface area (Å²) in [6.45, 7) is 8.38. The summed E-state index contributed by atoms with van der Waals surface area (Å²) in [5.74, 6) is 1.56. The summed E-state index contributed by atoms with van der Waals surface area (Å²) in [5.41, 5.74) is 2.11. The first-order chi connectivity index (χ1) is 18.1. The first kappa shape index (κ1) is 26.8. The van der Waals surface area contributed by atoms with Gasteiger partial charge in [0.1, 0.15) is 11.3 Å². The predicted octanol–water partition coefficient (Wildman–Crippen LogP) is 6.16. The van der Waals surface area contributed by atoms with E-state index in [1.54, 1.807) is 14.2 Å². The Morgan fingerprint density at radius 3 is 2.16 bits per heavy atom. The van der Waals surface area contributed by atoms with Gasteiger partial charge in [-0.1, -0.05) is 43.3 Å². The molecule has 0 saturated carbocycles. The monoisotopic (exact) mass is 514 g/mol. The SMILES string of the molecule is COc1ccc(N(CC(C)c2ccccc2)c2cccc(Nc3c(OC(C)(C)C)c(=O)c3=O)c2)cc1OC. The molecule has 0 aromatic heterocycles. The third-order valence-electron chi connectivity index (χ3n) is 6.21. The van der Waals surface area contributed by atoms with Crippen LogP contribution in [0.5, 0.6) is 17.2 Å². The van der Waals surface area contributed by atoms with Crippen molar-refractivity contribution in [2.45, 2.75) is 39.2 Å². The molecular weight excluding hydrogens is 480 g/mol. The van der Waals surface area contributed by atoms with Gasteiger partial charge in [-0.25, -0.2) is 0 Å². The standard InChI is InChI=1S/C31H34N2O5/c1-20(21-11-8-7-9-12-21)19-33(24-15-16-25(36-5)26(18-24)37-6)23-14-10-13-22(17-23)32-27-28(34)29(35)30(27)38-31(2,3)4/h7-18,20,32H,19H2,1-6H3. The second-order valence-corrected chi connectivity index (χ2v) is 10.2. The van der Waals surface area contributed by atoms with E-state index >= 15 is 0 Å². The fourth-order valence-corrected chi connectivity index (χ4v) is 4.30. The van der Waals surface area contributed by atoms with Crippen molar-refractivity contribution >= 4 is 22.7 Å². The molecule has 0 bridgehead atoms. The molecule has 0 aliphatic rings. The van der Waals surface area contributed by atoms with Crippen LogP contribution in [0.25, 0.3) is 0 Å². The highest BCUT2D eigenvalue weighted by molar-refractivity contribution is 5.75. The summed E-state index contributed by atoms with van der Waals surface area (Å²) in [6.07, 6.45) is 0. The average molecular weight is 515 g/mol. The van der Waals surface area contributed by atoms with Gasteiger partial charge in [0.05, 0.1) is 14.2 Å². The van der Waals surface area contributed by atoms with E-state index in [2.05, 4.69) is 29.3 Å². The molecule has 0 fully saturated rings. The Morgan fingerprint density at radius 2 is 1.50 bits per heavy atom. The van der Waals surface area contributed by atoms with Crippen LogP contribution in [0.1, 0.15) is 39.2 Å². The van der Waals surface area contributed by atoms with Crippen molar-refractivity contribution in [2.24, 2.45) is 0 Å². The number of nitrogens with zero attached hydrogens (tertiary/aromatic N) is 1. The van der Waals surface area contributed by atoms with Crippen LogP contribution in [0.2, 0.25) is 0 Å². The second-order valence-electron chi connectivity index (χ2n) is 10.2. The highest BCUT2D eigenvalue weighted by Crippen LogP contribution is 2.37. The molecule has 4 rings (SSSR count). The normalized spacial score (nSPS) is 12.2. The van der Waals surface area contributed by atoms with Gasteiger partial charge in [-0.05, 0) is 62.6 Å². The molecule has 0 amide bonds. The molecule has 0 spiro atoms. The Labute approximate surface area is 223 Å². The van der Waals surface area contributed by atoms with Gasteiger partial charge in [-0.2, -0.15) is 0 Å². The van der Waals surface area contributed by atoms with Crippen LogP contribution < -0.4 is 35.3 Å². The van der Waals surface area contributed by atoms with Crippen molar-refractivity contribution in [1.29, 1.82) is 0 Å². The Kier molecular flexibility index (Phi) is 7.76. The number of anilines is 4. The lowest BCUT2D eigenvalue weighted by Crippen LogP contribution is -2.39. The third-order valence-corrected chi connectivity index (χ3v) is 6.21. The number of ether oxygens (including phenoxy) is 3. The molecule has 0 aliphatic carbocycles. The van der Waals surface area contributed by atoms with Crippen LogP contribution in [0.4, 0.5) is 22.7 Å². The van der Waals surface area contributed by atoms with E-state index in [9.17, 15) is 9.59 Å². The van der Waals surface area contributed by atoms with Crippen molar-refractivity contribution in [1.82, 2.24) is 0 Å². The smallest absolute Gasteiger partial charge is 0.272 e. The molecule has 38 heavy (non-hydrogen) atoms. The third kappa shape index (κ3) is 5.83. The summed E-state index contributed by atoms with van der Waals surface area (Å²) in [6, 6.07) is 23.9. The molecule has 198 valence electrons. The molecule has 0 heterocycles. The molecule has 1 atom stereocenters. The Hall–Kier alpha value is -4.26. The molecule has 0 radical (unpaired) electrons. The number of hydrogen-bond acceptors (Lipinski definition) is 7. The van der Waals surface area contributed by atoms with E-state index in [0.717, 1.165) is 11.4 Å². The van der Waals surface area contributed by atoms with Crippen molar-refractivity contribution in [3.8, 4) is 17.2 Å². The highest BCUT2D eigenvalue weighted by Gasteiger charge is 2.27. The molecule has 0 saturated heterocycles. The van der Waals surface area contributed by atoms with Crippen LogP contribution in [-0.2, 0) is 0 Å². The Bertz CT molecular complexity index is 1470.